The zero-order valence-electron chi connectivity index (χ0n) is 8.52. The Labute approximate surface area is 107 Å². The SMILES string of the molecule is Cc1c(Br)cccc1C(=O)NCCCBr. The van der Waals surface area contributed by atoms with Gasteiger partial charge in [-0.05, 0) is 31.0 Å². The van der Waals surface area contributed by atoms with Crippen LogP contribution in [-0.2, 0) is 0 Å². The molecule has 1 aromatic carbocycles. The number of halogens is 2. The third-order valence-corrected chi connectivity index (χ3v) is 3.53. The third kappa shape index (κ3) is 3.61. The van der Waals surface area contributed by atoms with E-state index in [9.17, 15) is 4.79 Å². The predicted molar refractivity (Wildman–Crippen MR) is 69.6 cm³/mol. The van der Waals surface area contributed by atoms with Gasteiger partial charge in [0, 0.05) is 21.9 Å². The van der Waals surface area contributed by atoms with Crippen molar-refractivity contribution in [2.24, 2.45) is 0 Å². The van der Waals surface area contributed by atoms with Gasteiger partial charge in [-0.3, -0.25) is 4.79 Å². The molecule has 0 unspecified atom stereocenters. The summed E-state index contributed by atoms with van der Waals surface area (Å²) in [5.41, 5.74) is 1.72. The predicted octanol–water partition coefficient (Wildman–Crippen LogP) is 3.27. The Bertz CT molecular complexity index is 352. The summed E-state index contributed by atoms with van der Waals surface area (Å²) in [4.78, 5) is 11.7. The van der Waals surface area contributed by atoms with E-state index in [1.807, 2.05) is 25.1 Å². The van der Waals surface area contributed by atoms with Gasteiger partial charge in [0.25, 0.3) is 5.91 Å². The molecular formula is C11H13Br2NO. The van der Waals surface area contributed by atoms with E-state index in [1.54, 1.807) is 0 Å². The Morgan fingerprint density at radius 1 is 1.47 bits per heavy atom. The van der Waals surface area contributed by atoms with E-state index in [1.165, 1.54) is 0 Å². The fraction of sp³-hybridized carbons (Fsp3) is 0.364. The number of carbonyl (C=O) groups excluding carboxylic acids is 1. The largest absolute Gasteiger partial charge is 0.352 e. The molecule has 1 amide bonds. The van der Waals surface area contributed by atoms with Crippen molar-refractivity contribution in [3.63, 3.8) is 0 Å². The highest BCUT2D eigenvalue weighted by molar-refractivity contribution is 9.10. The van der Waals surface area contributed by atoms with E-state index < -0.39 is 0 Å². The van der Waals surface area contributed by atoms with Gasteiger partial charge in [0.1, 0.15) is 0 Å². The topological polar surface area (TPSA) is 29.1 Å². The van der Waals surface area contributed by atoms with Crippen LogP contribution in [0, 0.1) is 6.92 Å². The highest BCUT2D eigenvalue weighted by atomic mass is 79.9. The normalized spacial score (nSPS) is 10.1. The summed E-state index contributed by atoms with van der Waals surface area (Å²) in [5.74, 6) is -0.00486. The van der Waals surface area contributed by atoms with E-state index in [0.29, 0.717) is 6.54 Å². The molecule has 0 aliphatic carbocycles. The Morgan fingerprint density at radius 2 is 2.20 bits per heavy atom. The Kier molecular flexibility index (Phi) is 5.32. The third-order valence-electron chi connectivity index (χ3n) is 2.11. The molecule has 0 heterocycles. The molecule has 0 saturated heterocycles. The minimum atomic E-state index is -0.00486. The Hall–Kier alpha value is -0.350. The maximum atomic E-state index is 11.7. The molecule has 0 fully saturated rings. The number of carbonyl (C=O) groups is 1. The van der Waals surface area contributed by atoms with Crippen LogP contribution < -0.4 is 5.32 Å². The van der Waals surface area contributed by atoms with Crippen LogP contribution in [0.5, 0.6) is 0 Å². The van der Waals surface area contributed by atoms with Crippen molar-refractivity contribution < 1.29 is 4.79 Å². The summed E-state index contributed by atoms with van der Waals surface area (Å²) in [7, 11) is 0. The van der Waals surface area contributed by atoms with Crippen LogP contribution >= 0.6 is 31.9 Å². The summed E-state index contributed by atoms with van der Waals surface area (Å²) >= 11 is 6.73. The molecule has 2 nitrogen and oxygen atoms in total. The molecule has 1 N–H and O–H groups in total. The smallest absolute Gasteiger partial charge is 0.251 e. The summed E-state index contributed by atoms with van der Waals surface area (Å²) in [5, 5.41) is 3.79. The van der Waals surface area contributed by atoms with Gasteiger partial charge in [-0.1, -0.05) is 37.9 Å². The quantitative estimate of drug-likeness (QED) is 0.664. The van der Waals surface area contributed by atoms with Crippen LogP contribution in [-0.4, -0.2) is 17.8 Å². The maximum absolute atomic E-state index is 11.7. The van der Waals surface area contributed by atoms with Crippen molar-refractivity contribution in [1.29, 1.82) is 0 Å². The number of amides is 1. The summed E-state index contributed by atoms with van der Waals surface area (Å²) < 4.78 is 0.968. The molecule has 4 heteroatoms. The molecular weight excluding hydrogens is 322 g/mol. The lowest BCUT2D eigenvalue weighted by Crippen LogP contribution is -2.25. The van der Waals surface area contributed by atoms with Gasteiger partial charge in [-0.15, -0.1) is 0 Å². The van der Waals surface area contributed by atoms with Gasteiger partial charge in [0.05, 0.1) is 0 Å². The highest BCUT2D eigenvalue weighted by Gasteiger charge is 2.09. The first-order valence-electron chi connectivity index (χ1n) is 4.76. The minimum Gasteiger partial charge on any atom is -0.352 e. The van der Waals surface area contributed by atoms with Crippen molar-refractivity contribution in [3.8, 4) is 0 Å². The number of hydrogen-bond donors (Lipinski definition) is 1. The van der Waals surface area contributed by atoms with Crippen molar-refractivity contribution in [2.75, 3.05) is 11.9 Å². The molecule has 1 aromatic rings. The average Bonchev–Trinajstić information content (AvgIpc) is 2.22. The second-order valence-corrected chi connectivity index (χ2v) is 4.86. The van der Waals surface area contributed by atoms with Crippen LogP contribution in [0.1, 0.15) is 22.3 Å². The summed E-state index contributed by atoms with van der Waals surface area (Å²) in [6.07, 6.45) is 0.943. The highest BCUT2D eigenvalue weighted by Crippen LogP contribution is 2.19. The second kappa shape index (κ2) is 6.28. The van der Waals surface area contributed by atoms with Crippen LogP contribution in [0.15, 0.2) is 22.7 Å². The first-order chi connectivity index (χ1) is 7.16. The zero-order valence-corrected chi connectivity index (χ0v) is 11.7. The Balaban J connectivity index is 2.69. The van der Waals surface area contributed by atoms with E-state index in [2.05, 4.69) is 37.2 Å². The van der Waals surface area contributed by atoms with E-state index in [0.717, 1.165) is 27.4 Å². The number of benzene rings is 1. The number of alkyl halides is 1. The van der Waals surface area contributed by atoms with E-state index in [-0.39, 0.29) is 5.91 Å². The first-order valence-corrected chi connectivity index (χ1v) is 6.67. The van der Waals surface area contributed by atoms with Crippen molar-refractivity contribution in [3.05, 3.63) is 33.8 Å². The van der Waals surface area contributed by atoms with Crippen LogP contribution in [0.4, 0.5) is 0 Å². The molecule has 0 radical (unpaired) electrons. The molecule has 82 valence electrons. The Morgan fingerprint density at radius 3 is 2.87 bits per heavy atom. The molecule has 0 atom stereocenters. The van der Waals surface area contributed by atoms with Gasteiger partial charge in [0.15, 0.2) is 0 Å². The van der Waals surface area contributed by atoms with Crippen molar-refractivity contribution >= 4 is 37.8 Å². The van der Waals surface area contributed by atoms with Crippen LogP contribution in [0.2, 0.25) is 0 Å². The fourth-order valence-electron chi connectivity index (χ4n) is 1.22. The number of rotatable bonds is 4. The van der Waals surface area contributed by atoms with Gasteiger partial charge in [-0.25, -0.2) is 0 Å². The molecule has 0 bridgehead atoms. The lowest BCUT2D eigenvalue weighted by atomic mass is 10.1. The molecule has 0 aliphatic rings. The number of nitrogens with one attached hydrogen (secondary N) is 1. The minimum absolute atomic E-state index is 0.00486. The molecule has 1 rings (SSSR count). The van der Waals surface area contributed by atoms with Crippen LogP contribution in [0.3, 0.4) is 0 Å². The van der Waals surface area contributed by atoms with E-state index >= 15 is 0 Å². The molecule has 0 saturated carbocycles. The number of hydrogen-bond acceptors (Lipinski definition) is 1. The molecule has 15 heavy (non-hydrogen) atoms. The van der Waals surface area contributed by atoms with Gasteiger partial charge in [-0.2, -0.15) is 0 Å². The lowest BCUT2D eigenvalue weighted by Gasteiger charge is -2.07. The maximum Gasteiger partial charge on any atom is 0.251 e. The first kappa shape index (κ1) is 12.7. The van der Waals surface area contributed by atoms with Gasteiger partial charge in [0.2, 0.25) is 0 Å². The lowest BCUT2D eigenvalue weighted by molar-refractivity contribution is 0.0953. The molecule has 0 spiro atoms. The van der Waals surface area contributed by atoms with Crippen molar-refractivity contribution in [2.45, 2.75) is 13.3 Å². The van der Waals surface area contributed by atoms with Gasteiger partial charge < -0.3 is 5.32 Å². The fourth-order valence-corrected chi connectivity index (χ4v) is 1.86. The second-order valence-electron chi connectivity index (χ2n) is 3.21. The van der Waals surface area contributed by atoms with Crippen molar-refractivity contribution in [1.82, 2.24) is 5.32 Å². The standard InChI is InChI=1S/C11H13Br2NO/c1-8-9(4-2-5-10(8)13)11(15)14-7-3-6-12/h2,4-5H,3,6-7H2,1H3,(H,14,15). The monoisotopic (exact) mass is 333 g/mol. The van der Waals surface area contributed by atoms with Crippen LogP contribution in [0.25, 0.3) is 0 Å². The summed E-state index contributed by atoms with van der Waals surface area (Å²) in [6.45, 7) is 2.64. The van der Waals surface area contributed by atoms with E-state index in [4.69, 9.17) is 0 Å². The average molecular weight is 335 g/mol. The molecule has 0 aromatic heterocycles. The molecule has 0 aliphatic heterocycles. The zero-order chi connectivity index (χ0) is 11.3. The van der Waals surface area contributed by atoms with Gasteiger partial charge >= 0.3 is 0 Å². The summed E-state index contributed by atoms with van der Waals surface area (Å²) in [6, 6.07) is 5.64.